The summed E-state index contributed by atoms with van der Waals surface area (Å²) in [6, 6.07) is 8.30. The zero-order valence-corrected chi connectivity index (χ0v) is 21.1. The van der Waals surface area contributed by atoms with Crippen LogP contribution in [-0.2, 0) is 17.5 Å². The van der Waals surface area contributed by atoms with Crippen molar-refractivity contribution < 1.29 is 22.8 Å². The number of carbonyl (C=O) groups is 2. The Bertz CT molecular complexity index is 1470. The van der Waals surface area contributed by atoms with Crippen LogP contribution in [0.25, 0.3) is 17.0 Å². The molecule has 0 spiro atoms. The first-order valence-electron chi connectivity index (χ1n) is 11.7. The van der Waals surface area contributed by atoms with E-state index in [9.17, 15) is 27.6 Å². The number of hydrogen-bond acceptors (Lipinski definition) is 5. The van der Waals surface area contributed by atoms with E-state index in [2.05, 4.69) is 10.00 Å². The average molecular weight is 551 g/mol. The topological polar surface area (TPSA) is 78.4 Å². The highest BCUT2D eigenvalue weighted by atomic mass is 35.5. The van der Waals surface area contributed by atoms with Gasteiger partial charge in [0.05, 0.1) is 27.9 Å². The van der Waals surface area contributed by atoms with Crippen LogP contribution in [-0.4, -0.2) is 56.9 Å². The Morgan fingerprint density at radius 1 is 1.03 bits per heavy atom. The first-order valence-corrected chi connectivity index (χ1v) is 12.9. The van der Waals surface area contributed by atoms with E-state index in [0.717, 1.165) is 43.8 Å². The molecule has 12 heteroatoms. The quantitative estimate of drug-likeness (QED) is 0.428. The maximum atomic E-state index is 13.5. The van der Waals surface area contributed by atoms with Crippen LogP contribution in [0.5, 0.6) is 0 Å². The molecular weight excluding hydrogens is 529 g/mol. The maximum Gasteiger partial charge on any atom is 0.416 e. The van der Waals surface area contributed by atoms with Crippen LogP contribution >= 0.6 is 23.4 Å². The third-order valence-corrected chi connectivity index (χ3v) is 7.65. The highest BCUT2D eigenvalue weighted by molar-refractivity contribution is 8.18. The summed E-state index contributed by atoms with van der Waals surface area (Å²) in [6.45, 7) is 2.68. The van der Waals surface area contributed by atoms with E-state index in [-0.39, 0.29) is 38.6 Å². The Kier molecular flexibility index (Phi) is 6.95. The van der Waals surface area contributed by atoms with Crippen LogP contribution < -0.4 is 5.56 Å². The number of thioether (sulfide) groups is 1. The van der Waals surface area contributed by atoms with Crippen molar-refractivity contribution in [2.45, 2.75) is 25.6 Å². The number of imide groups is 1. The molecule has 2 saturated heterocycles. The summed E-state index contributed by atoms with van der Waals surface area (Å²) in [5.74, 6) is -0.372. The monoisotopic (exact) mass is 550 g/mol. The molecule has 0 radical (unpaired) electrons. The minimum absolute atomic E-state index is 0.0352. The fourth-order valence-electron chi connectivity index (χ4n) is 4.64. The standard InChI is InChI=1S/C25H22ClF3N4O3S/c26-17-5-4-16(19(13-17)25(27,28)29)14-33-20-6-3-15(11-18(20)22(34)30-33)12-21-23(35)32(24(36)37-21)10-9-31-7-1-2-8-31/h3-6,11-13H,1-2,7-10,14H2,(H,30,34). The van der Waals surface area contributed by atoms with Gasteiger partial charge in [-0.3, -0.25) is 29.1 Å². The SMILES string of the molecule is O=C1SC(=Cc2ccc3c(c2)c(=O)[nH]n3Cc2ccc(Cl)cc2C(F)(F)F)C(=O)N1CCN1CCCC1. The third-order valence-electron chi connectivity index (χ3n) is 6.51. The molecule has 2 amide bonds. The van der Waals surface area contributed by atoms with Crippen molar-refractivity contribution in [1.29, 1.82) is 0 Å². The van der Waals surface area contributed by atoms with Crippen LogP contribution in [0.4, 0.5) is 18.0 Å². The average Bonchev–Trinajstić information content (AvgIpc) is 3.53. The molecule has 3 aromatic rings. The molecule has 5 rings (SSSR count). The van der Waals surface area contributed by atoms with Gasteiger partial charge in [-0.25, -0.2) is 0 Å². The van der Waals surface area contributed by atoms with Crippen LogP contribution in [0.2, 0.25) is 5.02 Å². The second-order valence-corrected chi connectivity index (χ2v) is 10.4. The number of aromatic amines is 1. The lowest BCUT2D eigenvalue weighted by atomic mass is 10.1. The summed E-state index contributed by atoms with van der Waals surface area (Å²) < 4.78 is 41.9. The van der Waals surface area contributed by atoms with Crippen molar-refractivity contribution in [3.8, 4) is 0 Å². The molecule has 194 valence electrons. The fraction of sp³-hybridized carbons (Fsp3) is 0.320. The van der Waals surface area contributed by atoms with Gasteiger partial charge in [-0.1, -0.05) is 23.7 Å². The van der Waals surface area contributed by atoms with E-state index in [1.165, 1.54) is 21.7 Å². The minimum atomic E-state index is -4.60. The Labute approximate surface area is 218 Å². The summed E-state index contributed by atoms with van der Waals surface area (Å²) in [6.07, 6.45) is -0.811. The summed E-state index contributed by atoms with van der Waals surface area (Å²) >= 11 is 6.62. The Morgan fingerprint density at radius 2 is 1.78 bits per heavy atom. The molecular formula is C25H22ClF3N4O3S. The van der Waals surface area contributed by atoms with Gasteiger partial charge in [-0.2, -0.15) is 13.2 Å². The van der Waals surface area contributed by atoms with E-state index >= 15 is 0 Å². The molecule has 3 heterocycles. The van der Waals surface area contributed by atoms with Crippen LogP contribution in [0.1, 0.15) is 29.5 Å². The highest BCUT2D eigenvalue weighted by Gasteiger charge is 2.35. The largest absolute Gasteiger partial charge is 0.416 e. The van der Waals surface area contributed by atoms with E-state index in [1.807, 2.05) is 0 Å². The molecule has 7 nitrogen and oxygen atoms in total. The molecule has 0 unspecified atom stereocenters. The summed E-state index contributed by atoms with van der Waals surface area (Å²) in [5, 5.41) is 2.47. The smallest absolute Gasteiger partial charge is 0.302 e. The van der Waals surface area contributed by atoms with E-state index in [4.69, 9.17) is 11.6 Å². The second kappa shape index (κ2) is 10.0. The number of hydrogen-bond donors (Lipinski definition) is 1. The van der Waals surface area contributed by atoms with Crippen LogP contribution in [0, 0.1) is 0 Å². The van der Waals surface area contributed by atoms with Gasteiger partial charge in [-0.15, -0.1) is 0 Å². The van der Waals surface area contributed by atoms with Crippen molar-refractivity contribution >= 4 is 51.5 Å². The number of alkyl halides is 3. The zero-order valence-electron chi connectivity index (χ0n) is 19.5. The molecule has 1 aromatic heterocycles. The van der Waals surface area contributed by atoms with Gasteiger partial charge in [0.15, 0.2) is 0 Å². The van der Waals surface area contributed by atoms with Gasteiger partial charge in [0.1, 0.15) is 0 Å². The predicted octanol–water partition coefficient (Wildman–Crippen LogP) is 5.18. The molecule has 2 aromatic carbocycles. The number of nitrogens with one attached hydrogen (secondary N) is 1. The first-order chi connectivity index (χ1) is 17.6. The molecule has 2 aliphatic heterocycles. The van der Waals surface area contributed by atoms with Gasteiger partial charge in [-0.05, 0) is 79.2 Å². The predicted molar refractivity (Wildman–Crippen MR) is 136 cm³/mol. The normalized spacial score (nSPS) is 18.2. The summed E-state index contributed by atoms with van der Waals surface area (Å²) in [5.41, 5.74) is -0.463. The molecule has 1 N–H and O–H groups in total. The number of likely N-dealkylation sites (tertiary alicyclic amines) is 1. The second-order valence-electron chi connectivity index (χ2n) is 8.98. The van der Waals surface area contributed by atoms with Gasteiger partial charge >= 0.3 is 6.18 Å². The number of carbonyl (C=O) groups excluding carboxylic acids is 2. The molecule has 2 fully saturated rings. The number of fused-ring (bicyclic) bond motifs is 1. The Hall–Kier alpha value is -3.02. The van der Waals surface area contributed by atoms with E-state index in [0.29, 0.717) is 24.2 Å². The number of halogens is 4. The highest BCUT2D eigenvalue weighted by Crippen LogP contribution is 2.35. The van der Waals surface area contributed by atoms with Crippen molar-refractivity contribution in [2.24, 2.45) is 0 Å². The Morgan fingerprint density at radius 3 is 2.51 bits per heavy atom. The lowest BCUT2D eigenvalue weighted by molar-refractivity contribution is -0.138. The number of amides is 2. The van der Waals surface area contributed by atoms with Crippen molar-refractivity contribution in [1.82, 2.24) is 19.6 Å². The summed E-state index contributed by atoms with van der Waals surface area (Å²) in [7, 11) is 0. The van der Waals surface area contributed by atoms with Crippen molar-refractivity contribution in [2.75, 3.05) is 26.2 Å². The number of aromatic nitrogens is 2. The third kappa shape index (κ3) is 5.34. The van der Waals surface area contributed by atoms with Gasteiger partial charge in [0.2, 0.25) is 0 Å². The zero-order chi connectivity index (χ0) is 26.3. The molecule has 0 bridgehead atoms. The van der Waals surface area contributed by atoms with E-state index in [1.54, 1.807) is 24.3 Å². The van der Waals surface area contributed by atoms with E-state index < -0.39 is 17.3 Å². The van der Waals surface area contributed by atoms with Crippen LogP contribution in [0.15, 0.2) is 46.1 Å². The van der Waals surface area contributed by atoms with Crippen molar-refractivity contribution in [3.63, 3.8) is 0 Å². The fourth-order valence-corrected chi connectivity index (χ4v) is 5.68. The number of H-pyrrole nitrogens is 1. The van der Waals surface area contributed by atoms with Crippen LogP contribution in [0.3, 0.4) is 0 Å². The maximum absolute atomic E-state index is 13.5. The minimum Gasteiger partial charge on any atom is -0.302 e. The number of nitrogens with zero attached hydrogens (tertiary/aromatic N) is 3. The molecule has 0 saturated carbocycles. The molecule has 0 atom stereocenters. The molecule has 37 heavy (non-hydrogen) atoms. The van der Waals surface area contributed by atoms with Crippen molar-refractivity contribution in [3.05, 3.63) is 73.4 Å². The summed E-state index contributed by atoms with van der Waals surface area (Å²) in [4.78, 5) is 41.6. The number of benzene rings is 2. The van der Waals surface area contributed by atoms with Gasteiger partial charge < -0.3 is 4.90 Å². The molecule has 2 aliphatic rings. The molecule has 0 aliphatic carbocycles. The first kappa shape index (κ1) is 25.6. The lowest BCUT2D eigenvalue weighted by Crippen LogP contribution is -2.36. The number of rotatable bonds is 6. The lowest BCUT2D eigenvalue weighted by Gasteiger charge is -2.18. The Balaban J connectivity index is 1.38. The van der Waals surface area contributed by atoms with Gasteiger partial charge in [0.25, 0.3) is 16.7 Å². The van der Waals surface area contributed by atoms with Gasteiger partial charge in [0, 0.05) is 18.1 Å².